The Morgan fingerprint density at radius 1 is 1.36 bits per heavy atom. The van der Waals surface area contributed by atoms with Gasteiger partial charge in [-0.1, -0.05) is 23.9 Å². The number of carbonyl (C=O) groups is 1. The number of anilines is 1. The van der Waals surface area contributed by atoms with Crippen LogP contribution in [0.3, 0.4) is 0 Å². The van der Waals surface area contributed by atoms with E-state index in [1.807, 2.05) is 31.2 Å². The second-order valence-electron chi connectivity index (χ2n) is 6.79. The van der Waals surface area contributed by atoms with E-state index < -0.39 is 0 Å². The standard InChI is InChI=1S/C19H21N3O2S/c1-12-5-4-6-13(9-12)20-17(23)10-14-11-25-19-21-16-8-3-2-7-15(16)18(24)22(14)19/h4-6,9,14H,2-3,7-8,10-11H2,1H3,(H,20,23). The van der Waals surface area contributed by atoms with Crippen LogP contribution < -0.4 is 10.9 Å². The van der Waals surface area contributed by atoms with Gasteiger partial charge in [-0.3, -0.25) is 14.2 Å². The quantitative estimate of drug-likeness (QED) is 0.860. The van der Waals surface area contributed by atoms with Crippen LogP contribution in [0.5, 0.6) is 0 Å². The number of rotatable bonds is 3. The number of hydrogen-bond acceptors (Lipinski definition) is 4. The summed E-state index contributed by atoms with van der Waals surface area (Å²) in [5.41, 5.74) is 3.80. The molecule has 0 fully saturated rings. The van der Waals surface area contributed by atoms with Crippen LogP contribution in [0.15, 0.2) is 34.2 Å². The van der Waals surface area contributed by atoms with Crippen molar-refractivity contribution in [3.8, 4) is 0 Å². The molecule has 1 aliphatic heterocycles. The number of fused-ring (bicyclic) bond motifs is 2. The monoisotopic (exact) mass is 355 g/mol. The van der Waals surface area contributed by atoms with E-state index in [-0.39, 0.29) is 17.5 Å². The summed E-state index contributed by atoms with van der Waals surface area (Å²) >= 11 is 1.59. The average Bonchev–Trinajstić information content (AvgIpc) is 2.98. The number of hydrogen-bond donors (Lipinski definition) is 1. The SMILES string of the molecule is Cc1cccc(NC(=O)CC2CSc3nc4c(c(=O)n32)CCCC4)c1. The second kappa shape index (κ2) is 6.67. The minimum Gasteiger partial charge on any atom is -0.326 e. The van der Waals surface area contributed by atoms with Crippen LogP contribution in [0.25, 0.3) is 0 Å². The molecule has 2 aliphatic rings. The van der Waals surface area contributed by atoms with Crippen LogP contribution in [0.4, 0.5) is 5.69 Å². The van der Waals surface area contributed by atoms with Gasteiger partial charge in [-0.15, -0.1) is 0 Å². The Labute approximate surface area is 150 Å². The Balaban J connectivity index is 1.54. The summed E-state index contributed by atoms with van der Waals surface area (Å²) in [6.07, 6.45) is 4.17. The first-order valence-electron chi connectivity index (χ1n) is 8.75. The van der Waals surface area contributed by atoms with Crippen molar-refractivity contribution < 1.29 is 4.79 Å². The maximum atomic E-state index is 12.9. The molecule has 25 heavy (non-hydrogen) atoms. The van der Waals surface area contributed by atoms with E-state index in [1.165, 1.54) is 0 Å². The van der Waals surface area contributed by atoms with Gasteiger partial charge in [-0.2, -0.15) is 0 Å². The first kappa shape index (κ1) is 16.4. The zero-order chi connectivity index (χ0) is 17.4. The Hall–Kier alpha value is -2.08. The molecule has 6 heteroatoms. The summed E-state index contributed by atoms with van der Waals surface area (Å²) in [6.45, 7) is 1.99. The molecule has 1 aliphatic carbocycles. The van der Waals surface area contributed by atoms with Crippen LogP contribution in [0.1, 0.15) is 42.1 Å². The van der Waals surface area contributed by atoms with Crippen molar-refractivity contribution in [1.82, 2.24) is 9.55 Å². The predicted molar refractivity (Wildman–Crippen MR) is 99.3 cm³/mol. The normalized spacial score (nSPS) is 18.5. The van der Waals surface area contributed by atoms with Gasteiger partial charge in [0.1, 0.15) is 0 Å². The van der Waals surface area contributed by atoms with Crippen molar-refractivity contribution in [2.75, 3.05) is 11.1 Å². The van der Waals surface area contributed by atoms with Gasteiger partial charge in [-0.25, -0.2) is 4.98 Å². The van der Waals surface area contributed by atoms with Crippen molar-refractivity contribution in [1.29, 1.82) is 0 Å². The summed E-state index contributed by atoms with van der Waals surface area (Å²) in [5.74, 6) is 0.667. The first-order valence-corrected chi connectivity index (χ1v) is 9.74. The lowest BCUT2D eigenvalue weighted by atomic mass is 9.97. The molecule has 0 radical (unpaired) electrons. The van der Waals surface area contributed by atoms with Gasteiger partial charge in [0, 0.05) is 23.4 Å². The number of carbonyl (C=O) groups excluding carboxylic acids is 1. The van der Waals surface area contributed by atoms with E-state index in [0.29, 0.717) is 6.42 Å². The fourth-order valence-electron chi connectivity index (χ4n) is 3.61. The summed E-state index contributed by atoms with van der Waals surface area (Å²) in [5, 5.41) is 3.72. The lowest BCUT2D eigenvalue weighted by Crippen LogP contribution is -2.32. The van der Waals surface area contributed by atoms with E-state index in [2.05, 4.69) is 5.32 Å². The maximum Gasteiger partial charge on any atom is 0.257 e. The topological polar surface area (TPSA) is 64.0 Å². The van der Waals surface area contributed by atoms with Crippen molar-refractivity contribution >= 4 is 23.4 Å². The highest BCUT2D eigenvalue weighted by atomic mass is 32.2. The smallest absolute Gasteiger partial charge is 0.257 e. The van der Waals surface area contributed by atoms with E-state index in [9.17, 15) is 9.59 Å². The largest absolute Gasteiger partial charge is 0.326 e. The molecule has 2 aromatic rings. The molecular weight excluding hydrogens is 334 g/mol. The third kappa shape index (κ3) is 3.23. The Morgan fingerprint density at radius 2 is 2.20 bits per heavy atom. The molecule has 1 aromatic carbocycles. The average molecular weight is 355 g/mol. The summed E-state index contributed by atoms with van der Waals surface area (Å²) in [7, 11) is 0. The van der Waals surface area contributed by atoms with Gasteiger partial charge < -0.3 is 5.32 Å². The van der Waals surface area contributed by atoms with Crippen LogP contribution in [0, 0.1) is 6.92 Å². The molecule has 1 N–H and O–H groups in total. The van der Waals surface area contributed by atoms with E-state index in [4.69, 9.17) is 4.98 Å². The molecule has 2 heterocycles. The fraction of sp³-hybridized carbons (Fsp3) is 0.421. The van der Waals surface area contributed by atoms with Crippen LogP contribution in [-0.2, 0) is 17.6 Å². The van der Waals surface area contributed by atoms with Crippen LogP contribution in [0.2, 0.25) is 0 Å². The fourth-order valence-corrected chi connectivity index (χ4v) is 4.77. The lowest BCUT2D eigenvalue weighted by molar-refractivity contribution is -0.116. The molecule has 1 unspecified atom stereocenters. The van der Waals surface area contributed by atoms with Gasteiger partial charge in [0.2, 0.25) is 5.91 Å². The highest BCUT2D eigenvalue weighted by Gasteiger charge is 2.30. The van der Waals surface area contributed by atoms with Crippen molar-refractivity contribution in [2.45, 2.75) is 50.2 Å². The van der Waals surface area contributed by atoms with Gasteiger partial charge in [0.05, 0.1) is 11.7 Å². The number of thioether (sulfide) groups is 1. The lowest BCUT2D eigenvalue weighted by Gasteiger charge is -2.18. The van der Waals surface area contributed by atoms with Gasteiger partial charge in [-0.05, 0) is 50.3 Å². The molecule has 5 nitrogen and oxygen atoms in total. The third-order valence-corrected chi connectivity index (χ3v) is 5.94. The minimum absolute atomic E-state index is 0.0614. The zero-order valence-electron chi connectivity index (χ0n) is 14.2. The van der Waals surface area contributed by atoms with Crippen LogP contribution >= 0.6 is 11.8 Å². The van der Waals surface area contributed by atoms with E-state index in [0.717, 1.165) is 59.1 Å². The Kier molecular flexibility index (Phi) is 4.37. The molecule has 1 atom stereocenters. The second-order valence-corrected chi connectivity index (χ2v) is 7.78. The number of benzene rings is 1. The minimum atomic E-state index is -0.114. The van der Waals surface area contributed by atoms with E-state index >= 15 is 0 Å². The maximum absolute atomic E-state index is 12.9. The van der Waals surface area contributed by atoms with Crippen molar-refractivity contribution in [3.63, 3.8) is 0 Å². The molecule has 0 spiro atoms. The Bertz CT molecular complexity index is 891. The number of nitrogens with one attached hydrogen (secondary N) is 1. The van der Waals surface area contributed by atoms with Gasteiger partial charge in [0.25, 0.3) is 5.56 Å². The molecule has 1 aromatic heterocycles. The third-order valence-electron chi connectivity index (χ3n) is 4.85. The molecule has 0 saturated heterocycles. The summed E-state index contributed by atoms with van der Waals surface area (Å²) in [6, 6.07) is 7.63. The molecule has 4 rings (SSSR count). The highest BCUT2D eigenvalue weighted by Crippen LogP contribution is 2.33. The van der Waals surface area contributed by atoms with Gasteiger partial charge in [0.15, 0.2) is 5.16 Å². The van der Waals surface area contributed by atoms with E-state index in [1.54, 1.807) is 16.3 Å². The van der Waals surface area contributed by atoms with Gasteiger partial charge >= 0.3 is 0 Å². The zero-order valence-corrected chi connectivity index (χ0v) is 15.1. The summed E-state index contributed by atoms with van der Waals surface area (Å²) in [4.78, 5) is 30.0. The number of aromatic nitrogens is 2. The first-order chi connectivity index (χ1) is 12.1. The molecule has 0 bridgehead atoms. The molecule has 0 saturated carbocycles. The molecular formula is C19H21N3O2S. The van der Waals surface area contributed by atoms with Crippen LogP contribution in [-0.4, -0.2) is 21.2 Å². The summed E-state index contributed by atoms with van der Waals surface area (Å²) < 4.78 is 1.75. The number of amides is 1. The number of aryl methyl sites for hydroxylation is 2. The molecule has 1 amide bonds. The predicted octanol–water partition coefficient (Wildman–Crippen LogP) is 3.11. The number of nitrogens with zero attached hydrogens (tertiary/aromatic N) is 2. The highest BCUT2D eigenvalue weighted by molar-refractivity contribution is 7.99. The Morgan fingerprint density at radius 3 is 3.04 bits per heavy atom. The van der Waals surface area contributed by atoms with Crippen molar-refractivity contribution in [2.24, 2.45) is 0 Å². The van der Waals surface area contributed by atoms with Crippen molar-refractivity contribution in [3.05, 3.63) is 51.4 Å². The molecule has 130 valence electrons.